The predicted molar refractivity (Wildman–Crippen MR) is 109 cm³/mol. The zero-order valence-electron chi connectivity index (χ0n) is 16.5. The van der Waals surface area contributed by atoms with Crippen LogP contribution in [0.5, 0.6) is 0 Å². The van der Waals surface area contributed by atoms with Crippen molar-refractivity contribution in [1.82, 2.24) is 15.5 Å². The van der Waals surface area contributed by atoms with E-state index in [2.05, 4.69) is 16.0 Å². The van der Waals surface area contributed by atoms with Gasteiger partial charge in [-0.15, -0.1) is 0 Å². The first kappa shape index (κ1) is 21.9. The van der Waals surface area contributed by atoms with Gasteiger partial charge in [0.2, 0.25) is 11.8 Å². The van der Waals surface area contributed by atoms with Gasteiger partial charge >= 0.3 is 6.03 Å². The molecule has 0 atom stereocenters. The van der Waals surface area contributed by atoms with Crippen molar-refractivity contribution >= 4 is 23.5 Å². The van der Waals surface area contributed by atoms with Gasteiger partial charge in [-0.05, 0) is 35.7 Å². The summed E-state index contributed by atoms with van der Waals surface area (Å²) in [5.74, 6) is -1.07. The van der Waals surface area contributed by atoms with Gasteiger partial charge in [0.15, 0.2) is 0 Å². The molecular formula is C21H25FN4O3. The molecule has 0 aliphatic heterocycles. The first-order valence-electron chi connectivity index (χ1n) is 9.27. The number of nitrogens with one attached hydrogen (secondary N) is 3. The molecule has 154 valence electrons. The number of carbonyl (C=O) groups is 3. The highest BCUT2D eigenvalue weighted by Crippen LogP contribution is 2.15. The van der Waals surface area contributed by atoms with Crippen LogP contribution in [0.1, 0.15) is 18.1 Å². The number of urea groups is 1. The highest BCUT2D eigenvalue weighted by molar-refractivity contribution is 5.95. The second kappa shape index (κ2) is 10.8. The number of amides is 4. The normalized spacial score (nSPS) is 10.2. The van der Waals surface area contributed by atoms with E-state index in [1.165, 1.54) is 24.1 Å². The smallest absolute Gasteiger partial charge is 0.315 e. The summed E-state index contributed by atoms with van der Waals surface area (Å²) in [4.78, 5) is 37.4. The van der Waals surface area contributed by atoms with Gasteiger partial charge in [-0.3, -0.25) is 9.59 Å². The van der Waals surface area contributed by atoms with E-state index in [0.717, 1.165) is 23.2 Å². The van der Waals surface area contributed by atoms with E-state index in [9.17, 15) is 18.8 Å². The van der Waals surface area contributed by atoms with E-state index < -0.39 is 11.9 Å². The molecule has 0 saturated heterocycles. The molecule has 2 rings (SSSR count). The molecule has 0 saturated carbocycles. The number of nitrogens with zero attached hydrogens (tertiary/aromatic N) is 1. The zero-order valence-corrected chi connectivity index (χ0v) is 16.5. The third-order valence-corrected chi connectivity index (χ3v) is 4.25. The predicted octanol–water partition coefficient (Wildman–Crippen LogP) is 2.28. The highest BCUT2D eigenvalue weighted by atomic mass is 19.1. The van der Waals surface area contributed by atoms with Crippen molar-refractivity contribution < 1.29 is 18.8 Å². The maximum atomic E-state index is 12.9. The van der Waals surface area contributed by atoms with E-state index in [4.69, 9.17) is 0 Å². The lowest BCUT2D eigenvalue weighted by atomic mass is 10.1. The third-order valence-electron chi connectivity index (χ3n) is 4.25. The quantitative estimate of drug-likeness (QED) is 0.635. The van der Waals surface area contributed by atoms with Crippen LogP contribution in [0.3, 0.4) is 0 Å². The number of halogens is 1. The molecule has 0 aliphatic rings. The van der Waals surface area contributed by atoms with E-state index >= 15 is 0 Å². The molecule has 0 aliphatic carbocycles. The maximum Gasteiger partial charge on any atom is 0.315 e. The number of para-hydroxylation sites is 1. The van der Waals surface area contributed by atoms with Gasteiger partial charge in [0.25, 0.3) is 0 Å². The average molecular weight is 400 g/mol. The fourth-order valence-corrected chi connectivity index (χ4v) is 2.58. The molecule has 3 N–H and O–H groups in total. The largest absolute Gasteiger partial charge is 0.335 e. The van der Waals surface area contributed by atoms with E-state index in [1.54, 1.807) is 12.1 Å². The molecule has 4 amide bonds. The first-order chi connectivity index (χ1) is 13.9. The summed E-state index contributed by atoms with van der Waals surface area (Å²) in [6, 6.07) is 12.7. The fraction of sp³-hybridized carbons (Fsp3) is 0.286. The molecule has 2 aromatic carbocycles. The van der Waals surface area contributed by atoms with Crippen LogP contribution in [0.4, 0.5) is 14.9 Å². The molecule has 29 heavy (non-hydrogen) atoms. The Labute approximate surface area is 169 Å². The Hall–Kier alpha value is -3.42. The van der Waals surface area contributed by atoms with E-state index in [-0.39, 0.29) is 31.4 Å². The van der Waals surface area contributed by atoms with Crippen molar-refractivity contribution in [3.63, 3.8) is 0 Å². The van der Waals surface area contributed by atoms with Crippen LogP contribution < -0.4 is 16.0 Å². The molecule has 7 nitrogen and oxygen atoms in total. The molecule has 2 aromatic rings. The van der Waals surface area contributed by atoms with Gasteiger partial charge in [0, 0.05) is 19.3 Å². The Morgan fingerprint density at radius 2 is 1.69 bits per heavy atom. The Morgan fingerprint density at radius 3 is 2.38 bits per heavy atom. The molecule has 0 spiro atoms. The number of likely N-dealkylation sites (N-methyl/N-ethyl adjacent to an activating group) is 1. The average Bonchev–Trinajstić information content (AvgIpc) is 2.71. The number of rotatable bonds is 8. The Bertz CT molecular complexity index is 855. The van der Waals surface area contributed by atoms with Crippen molar-refractivity contribution in [2.75, 3.05) is 25.5 Å². The van der Waals surface area contributed by atoms with Gasteiger partial charge in [-0.1, -0.05) is 37.3 Å². The van der Waals surface area contributed by atoms with Crippen LogP contribution in [-0.2, 0) is 22.6 Å². The molecular weight excluding hydrogens is 375 g/mol. The summed E-state index contributed by atoms with van der Waals surface area (Å²) in [6.07, 6.45) is 0.780. The monoisotopic (exact) mass is 400 g/mol. The number of hydrogen-bond acceptors (Lipinski definition) is 3. The number of benzene rings is 2. The Morgan fingerprint density at radius 1 is 1.00 bits per heavy atom. The van der Waals surface area contributed by atoms with Crippen LogP contribution in [0, 0.1) is 5.82 Å². The molecule has 0 bridgehead atoms. The van der Waals surface area contributed by atoms with Crippen molar-refractivity contribution in [1.29, 1.82) is 0 Å². The highest BCUT2D eigenvalue weighted by Gasteiger charge is 2.14. The Balaban J connectivity index is 1.73. The van der Waals surface area contributed by atoms with Crippen LogP contribution in [0.2, 0.25) is 0 Å². The van der Waals surface area contributed by atoms with Crippen molar-refractivity contribution in [3.05, 3.63) is 65.5 Å². The molecule has 0 unspecified atom stereocenters. The van der Waals surface area contributed by atoms with Gasteiger partial charge in [0.1, 0.15) is 5.82 Å². The maximum absolute atomic E-state index is 12.9. The first-order valence-corrected chi connectivity index (χ1v) is 9.27. The van der Waals surface area contributed by atoms with Gasteiger partial charge in [0.05, 0.1) is 13.1 Å². The Kier molecular flexibility index (Phi) is 8.14. The van der Waals surface area contributed by atoms with Crippen molar-refractivity contribution in [3.8, 4) is 0 Å². The van der Waals surface area contributed by atoms with Crippen LogP contribution in [-0.4, -0.2) is 42.9 Å². The summed E-state index contributed by atoms with van der Waals surface area (Å²) in [6.45, 7) is 1.82. The lowest BCUT2D eigenvalue weighted by Crippen LogP contribution is -2.44. The third kappa shape index (κ3) is 7.25. The van der Waals surface area contributed by atoms with Gasteiger partial charge in [-0.2, -0.15) is 0 Å². The summed E-state index contributed by atoms with van der Waals surface area (Å²) in [7, 11) is 1.49. The number of aryl methyl sites for hydroxylation is 1. The van der Waals surface area contributed by atoms with Gasteiger partial charge < -0.3 is 20.9 Å². The molecule has 0 heterocycles. The minimum absolute atomic E-state index is 0.129. The lowest BCUT2D eigenvalue weighted by Gasteiger charge is -2.18. The topological polar surface area (TPSA) is 90.5 Å². The van der Waals surface area contributed by atoms with Crippen LogP contribution in [0.15, 0.2) is 48.5 Å². The SMILES string of the molecule is CCc1ccccc1NC(=O)CN(C)C(=O)CNC(=O)NCc1ccc(F)cc1. The van der Waals surface area contributed by atoms with E-state index in [0.29, 0.717) is 0 Å². The van der Waals surface area contributed by atoms with Gasteiger partial charge in [-0.25, -0.2) is 9.18 Å². The van der Waals surface area contributed by atoms with E-state index in [1.807, 2.05) is 31.2 Å². The molecule has 0 radical (unpaired) electrons. The summed E-state index contributed by atoms with van der Waals surface area (Å²) in [5.41, 5.74) is 2.46. The number of carbonyl (C=O) groups excluding carboxylic acids is 3. The lowest BCUT2D eigenvalue weighted by molar-refractivity contribution is -0.132. The molecule has 0 aromatic heterocycles. The van der Waals surface area contributed by atoms with Crippen molar-refractivity contribution in [2.45, 2.75) is 19.9 Å². The minimum atomic E-state index is -0.530. The summed E-state index contributed by atoms with van der Waals surface area (Å²) >= 11 is 0. The number of hydrogen-bond donors (Lipinski definition) is 3. The standard InChI is InChI=1S/C21H25FN4O3/c1-3-16-6-4-5-7-18(16)25-19(27)14-26(2)20(28)13-24-21(29)23-12-15-8-10-17(22)11-9-15/h4-11H,3,12-14H2,1-2H3,(H,25,27)(H2,23,24,29). The second-order valence-corrected chi connectivity index (χ2v) is 6.47. The summed E-state index contributed by atoms with van der Waals surface area (Å²) < 4.78 is 12.9. The van der Waals surface area contributed by atoms with Crippen LogP contribution in [0.25, 0.3) is 0 Å². The summed E-state index contributed by atoms with van der Waals surface area (Å²) in [5, 5.41) is 7.81. The second-order valence-electron chi connectivity index (χ2n) is 6.47. The number of anilines is 1. The molecule has 8 heteroatoms. The van der Waals surface area contributed by atoms with Crippen LogP contribution >= 0.6 is 0 Å². The molecule has 0 fully saturated rings. The fourth-order valence-electron chi connectivity index (χ4n) is 2.58. The zero-order chi connectivity index (χ0) is 21.2. The van der Waals surface area contributed by atoms with Crippen molar-refractivity contribution in [2.24, 2.45) is 0 Å². The minimum Gasteiger partial charge on any atom is -0.335 e.